The lowest BCUT2D eigenvalue weighted by molar-refractivity contribution is -0.132. The zero-order chi connectivity index (χ0) is 13.1. The predicted octanol–water partition coefficient (Wildman–Crippen LogP) is 0.427. The van der Waals surface area contributed by atoms with E-state index in [-0.39, 0.29) is 16.9 Å². The fourth-order valence-corrected chi connectivity index (χ4v) is 2.97. The molecule has 0 aromatic rings. The monoisotopic (exact) mass is 256 g/mol. The summed E-state index contributed by atoms with van der Waals surface area (Å²) in [7, 11) is 1.68. The van der Waals surface area contributed by atoms with Gasteiger partial charge in [0.25, 0.3) is 0 Å². The maximum atomic E-state index is 12.3. The molecule has 0 aromatic carbocycles. The van der Waals surface area contributed by atoms with Gasteiger partial charge in [-0.25, -0.2) is 0 Å². The maximum absolute atomic E-state index is 12.3. The van der Waals surface area contributed by atoms with Crippen LogP contribution in [0.15, 0.2) is 0 Å². The number of carbonyl (C=O) groups excluding carboxylic acids is 1. The quantitative estimate of drug-likeness (QED) is 0.748. The molecule has 1 heterocycles. The Hall–Kier alpha value is -0.650. The zero-order valence-electron chi connectivity index (χ0n) is 11.2. The van der Waals surface area contributed by atoms with E-state index in [1.807, 2.05) is 0 Å². The third kappa shape index (κ3) is 2.53. The number of nitrogens with two attached hydrogens (primary N) is 1. The van der Waals surface area contributed by atoms with Gasteiger partial charge in [-0.15, -0.1) is 0 Å². The topological polar surface area (TPSA) is 73.6 Å². The molecule has 1 unspecified atom stereocenters. The molecule has 1 aliphatic carbocycles. The average Bonchev–Trinajstić information content (AvgIpc) is 3.06. The van der Waals surface area contributed by atoms with Gasteiger partial charge in [0, 0.05) is 33.2 Å². The van der Waals surface area contributed by atoms with Crippen LogP contribution in [-0.4, -0.2) is 44.9 Å². The summed E-state index contributed by atoms with van der Waals surface area (Å²) in [5, 5.41) is 3.03. The molecule has 2 aliphatic rings. The number of hydrogen-bond acceptors (Lipinski definition) is 4. The smallest absolute Gasteiger partial charge is 0.227 e. The van der Waals surface area contributed by atoms with Crippen LogP contribution in [-0.2, 0) is 14.3 Å². The number of methoxy groups -OCH3 is 1. The van der Waals surface area contributed by atoms with Crippen molar-refractivity contribution in [3.8, 4) is 0 Å². The van der Waals surface area contributed by atoms with Crippen LogP contribution in [0.4, 0.5) is 0 Å². The summed E-state index contributed by atoms with van der Waals surface area (Å²) >= 11 is 0. The van der Waals surface area contributed by atoms with Gasteiger partial charge in [0.05, 0.1) is 12.0 Å². The van der Waals surface area contributed by atoms with Crippen LogP contribution in [0.25, 0.3) is 0 Å². The Bertz CT molecular complexity index is 295. The third-order valence-corrected chi connectivity index (χ3v) is 4.50. The normalized spacial score (nSPS) is 30.6. The average molecular weight is 256 g/mol. The first kappa shape index (κ1) is 13.8. The van der Waals surface area contributed by atoms with Crippen LogP contribution in [0, 0.1) is 5.41 Å². The third-order valence-electron chi connectivity index (χ3n) is 4.50. The Morgan fingerprint density at radius 2 is 2.11 bits per heavy atom. The first-order chi connectivity index (χ1) is 8.66. The minimum Gasteiger partial charge on any atom is -0.378 e. The van der Waals surface area contributed by atoms with Crippen molar-refractivity contribution in [3.63, 3.8) is 0 Å². The van der Waals surface area contributed by atoms with Gasteiger partial charge in [0.1, 0.15) is 5.60 Å². The van der Waals surface area contributed by atoms with Crippen LogP contribution in [0.1, 0.15) is 32.1 Å². The molecule has 104 valence electrons. The van der Waals surface area contributed by atoms with E-state index in [0.717, 1.165) is 32.1 Å². The summed E-state index contributed by atoms with van der Waals surface area (Å²) in [6.45, 7) is 2.21. The van der Waals surface area contributed by atoms with Crippen molar-refractivity contribution in [1.82, 2.24) is 5.32 Å². The van der Waals surface area contributed by atoms with Crippen molar-refractivity contribution in [1.29, 1.82) is 0 Å². The standard InChI is InChI=1S/C13H24N2O3/c1-17-13(6-7-18-10-13)9-15-11(16)12(8-14)4-2-3-5-12/h2-10,14H2,1H3,(H,15,16). The second kappa shape index (κ2) is 5.55. The Balaban J connectivity index is 1.91. The molecule has 3 N–H and O–H groups in total. The molecule has 1 aliphatic heterocycles. The summed E-state index contributed by atoms with van der Waals surface area (Å²) in [5.74, 6) is 0.0887. The van der Waals surface area contributed by atoms with E-state index < -0.39 is 0 Å². The van der Waals surface area contributed by atoms with Crippen molar-refractivity contribution in [2.75, 3.05) is 33.4 Å². The zero-order valence-corrected chi connectivity index (χ0v) is 11.2. The van der Waals surface area contributed by atoms with E-state index in [9.17, 15) is 4.79 Å². The van der Waals surface area contributed by atoms with Gasteiger partial charge in [0.2, 0.25) is 5.91 Å². The number of ether oxygens (including phenoxy) is 2. The van der Waals surface area contributed by atoms with Crippen molar-refractivity contribution < 1.29 is 14.3 Å². The molecule has 5 heteroatoms. The molecular weight excluding hydrogens is 232 g/mol. The molecular formula is C13H24N2O3. The van der Waals surface area contributed by atoms with Crippen LogP contribution in [0.5, 0.6) is 0 Å². The first-order valence-electron chi connectivity index (χ1n) is 6.78. The lowest BCUT2D eigenvalue weighted by Gasteiger charge is -2.30. The Morgan fingerprint density at radius 3 is 2.61 bits per heavy atom. The number of hydrogen-bond donors (Lipinski definition) is 2. The summed E-state index contributed by atoms with van der Waals surface area (Å²) < 4.78 is 10.9. The van der Waals surface area contributed by atoms with Crippen molar-refractivity contribution in [2.24, 2.45) is 11.1 Å². The van der Waals surface area contributed by atoms with Crippen LogP contribution >= 0.6 is 0 Å². The molecule has 0 radical (unpaired) electrons. The van der Waals surface area contributed by atoms with Crippen molar-refractivity contribution in [2.45, 2.75) is 37.7 Å². The SMILES string of the molecule is COC1(CNC(=O)C2(CN)CCCC2)CCOC1. The molecule has 0 bridgehead atoms. The van der Waals surface area contributed by atoms with E-state index in [0.29, 0.717) is 26.3 Å². The van der Waals surface area contributed by atoms with Gasteiger partial charge in [-0.3, -0.25) is 4.79 Å². The van der Waals surface area contributed by atoms with E-state index in [1.54, 1.807) is 7.11 Å². The van der Waals surface area contributed by atoms with Crippen molar-refractivity contribution in [3.05, 3.63) is 0 Å². The molecule has 0 spiro atoms. The lowest BCUT2D eigenvalue weighted by Crippen LogP contribution is -2.51. The van der Waals surface area contributed by atoms with Gasteiger partial charge >= 0.3 is 0 Å². The van der Waals surface area contributed by atoms with E-state index in [4.69, 9.17) is 15.2 Å². The van der Waals surface area contributed by atoms with E-state index >= 15 is 0 Å². The fourth-order valence-electron chi connectivity index (χ4n) is 2.97. The highest BCUT2D eigenvalue weighted by Crippen LogP contribution is 2.37. The van der Waals surface area contributed by atoms with Crippen LogP contribution < -0.4 is 11.1 Å². The number of carbonyl (C=O) groups is 1. The van der Waals surface area contributed by atoms with Gasteiger partial charge in [0.15, 0.2) is 0 Å². The minimum atomic E-state index is -0.343. The summed E-state index contributed by atoms with van der Waals surface area (Å²) in [6, 6.07) is 0. The Morgan fingerprint density at radius 1 is 1.39 bits per heavy atom. The second-order valence-corrected chi connectivity index (χ2v) is 5.56. The molecule has 5 nitrogen and oxygen atoms in total. The number of amides is 1. The Labute approximate surface area is 108 Å². The summed E-state index contributed by atoms with van der Waals surface area (Å²) in [4.78, 5) is 12.3. The highest BCUT2D eigenvalue weighted by Gasteiger charge is 2.42. The van der Waals surface area contributed by atoms with Crippen LogP contribution in [0.2, 0.25) is 0 Å². The number of nitrogens with one attached hydrogen (secondary N) is 1. The highest BCUT2D eigenvalue weighted by molar-refractivity contribution is 5.83. The number of rotatable bonds is 5. The molecule has 1 saturated carbocycles. The molecule has 2 fully saturated rings. The van der Waals surface area contributed by atoms with E-state index in [2.05, 4.69) is 5.32 Å². The molecule has 0 aromatic heterocycles. The molecule has 1 atom stereocenters. The molecule has 18 heavy (non-hydrogen) atoms. The van der Waals surface area contributed by atoms with Crippen LogP contribution in [0.3, 0.4) is 0 Å². The molecule has 2 rings (SSSR count). The van der Waals surface area contributed by atoms with Gasteiger partial charge in [-0.05, 0) is 12.8 Å². The van der Waals surface area contributed by atoms with Gasteiger partial charge < -0.3 is 20.5 Å². The fraction of sp³-hybridized carbons (Fsp3) is 0.923. The van der Waals surface area contributed by atoms with Crippen molar-refractivity contribution >= 4 is 5.91 Å². The lowest BCUT2D eigenvalue weighted by atomic mass is 9.85. The first-order valence-corrected chi connectivity index (χ1v) is 6.78. The molecule has 1 amide bonds. The van der Waals surface area contributed by atoms with Gasteiger partial charge in [-0.1, -0.05) is 12.8 Å². The Kier molecular flexibility index (Phi) is 4.25. The second-order valence-electron chi connectivity index (χ2n) is 5.56. The predicted molar refractivity (Wildman–Crippen MR) is 68.1 cm³/mol. The van der Waals surface area contributed by atoms with E-state index in [1.165, 1.54) is 0 Å². The van der Waals surface area contributed by atoms with Gasteiger partial charge in [-0.2, -0.15) is 0 Å². The minimum absolute atomic E-state index is 0.0887. The highest BCUT2D eigenvalue weighted by atomic mass is 16.5. The molecule has 1 saturated heterocycles. The summed E-state index contributed by atoms with van der Waals surface area (Å²) in [5.41, 5.74) is 5.12. The summed E-state index contributed by atoms with van der Waals surface area (Å²) in [6.07, 6.45) is 4.85. The maximum Gasteiger partial charge on any atom is 0.227 e. The largest absolute Gasteiger partial charge is 0.378 e.